The molecule has 0 bridgehead atoms. The average Bonchev–Trinajstić information content (AvgIpc) is 2.88. The fraction of sp³-hybridized carbons (Fsp3) is 0.500. The molecule has 0 spiro atoms. The van der Waals surface area contributed by atoms with Gasteiger partial charge in [0.2, 0.25) is 0 Å². The van der Waals surface area contributed by atoms with Gasteiger partial charge in [0, 0.05) is 0 Å². The zero-order chi connectivity index (χ0) is 20.6. The van der Waals surface area contributed by atoms with E-state index in [0.717, 1.165) is 10.8 Å². The van der Waals surface area contributed by atoms with Crippen molar-refractivity contribution in [3.05, 3.63) is 18.5 Å². The first-order valence-electron chi connectivity index (χ1n) is 8.25. The van der Waals surface area contributed by atoms with Crippen LogP contribution in [0.15, 0.2) is 18.5 Å². The Bertz CT molecular complexity index is 825. The van der Waals surface area contributed by atoms with Crippen LogP contribution in [0, 0.1) is 0 Å². The lowest BCUT2D eigenvalue weighted by atomic mass is 9.87. The second-order valence-corrected chi connectivity index (χ2v) is 7.81. The van der Waals surface area contributed by atoms with Gasteiger partial charge in [-0.2, -0.15) is 10.00 Å². The Morgan fingerprint density at radius 2 is 1.56 bits per heavy atom. The molecule has 0 saturated carbocycles. The maximum absolute atomic E-state index is 12.7. The molecule has 0 fully saturated rings. The van der Waals surface area contributed by atoms with Crippen LogP contribution < -0.4 is 10.5 Å². The summed E-state index contributed by atoms with van der Waals surface area (Å²) in [4.78, 5) is 30.1. The van der Waals surface area contributed by atoms with E-state index in [0.29, 0.717) is 4.90 Å². The highest BCUT2D eigenvalue weighted by Gasteiger charge is 2.35. The third-order valence-electron chi connectivity index (χ3n) is 3.09. The lowest BCUT2D eigenvalue weighted by molar-refractivity contribution is 0.0429. The molecule has 2 aromatic rings. The van der Waals surface area contributed by atoms with Crippen LogP contribution in [0.3, 0.4) is 0 Å². The van der Waals surface area contributed by atoms with Crippen LogP contribution in [0.25, 0.3) is 5.52 Å². The molecule has 27 heavy (non-hydrogen) atoms. The topological polar surface area (TPSA) is 126 Å². The number of amides is 2. The molecule has 0 unspecified atom stereocenters. The standard InChI is InChI=1S/C16H23BN4O6/c1-15(2,3)26-13(22)20(14(23)27-16(4,5)6)12-10-7-8-11(17(24)25)21(10)19-9-18-12/h7-9,24-25H,1-6H3. The molecule has 0 atom stereocenters. The van der Waals surface area contributed by atoms with E-state index in [-0.39, 0.29) is 16.9 Å². The van der Waals surface area contributed by atoms with Crippen LogP contribution in [-0.4, -0.2) is 55.2 Å². The molecule has 2 rings (SSSR count). The minimum atomic E-state index is -1.80. The predicted molar refractivity (Wildman–Crippen MR) is 97.8 cm³/mol. The highest BCUT2D eigenvalue weighted by atomic mass is 16.6. The Morgan fingerprint density at radius 1 is 1.04 bits per heavy atom. The van der Waals surface area contributed by atoms with Crippen molar-refractivity contribution in [2.75, 3.05) is 4.90 Å². The Labute approximate surface area is 156 Å². The number of hydrogen-bond donors (Lipinski definition) is 2. The number of anilines is 1. The molecule has 10 nitrogen and oxygen atoms in total. The number of aromatic nitrogens is 3. The molecular formula is C16H23BN4O6. The lowest BCUT2D eigenvalue weighted by Gasteiger charge is -2.28. The average molecular weight is 378 g/mol. The molecule has 2 aromatic heterocycles. The van der Waals surface area contributed by atoms with Crippen molar-refractivity contribution < 1.29 is 29.1 Å². The molecule has 0 aromatic carbocycles. The Kier molecular flexibility index (Phi) is 5.48. The molecule has 0 saturated heterocycles. The molecule has 0 aliphatic rings. The highest BCUT2D eigenvalue weighted by molar-refractivity contribution is 6.57. The van der Waals surface area contributed by atoms with Gasteiger partial charge in [0.05, 0.1) is 5.59 Å². The number of rotatable bonds is 2. The van der Waals surface area contributed by atoms with Crippen molar-refractivity contribution in [1.82, 2.24) is 14.6 Å². The van der Waals surface area contributed by atoms with Crippen molar-refractivity contribution in [3.8, 4) is 0 Å². The molecule has 146 valence electrons. The van der Waals surface area contributed by atoms with Crippen LogP contribution in [0.4, 0.5) is 15.4 Å². The van der Waals surface area contributed by atoms with E-state index >= 15 is 0 Å². The number of carbonyl (C=O) groups is 2. The zero-order valence-corrected chi connectivity index (χ0v) is 16.1. The second-order valence-electron chi connectivity index (χ2n) is 7.81. The van der Waals surface area contributed by atoms with Crippen molar-refractivity contribution in [2.45, 2.75) is 52.7 Å². The third kappa shape index (κ3) is 4.95. The van der Waals surface area contributed by atoms with E-state index < -0.39 is 30.5 Å². The summed E-state index contributed by atoms with van der Waals surface area (Å²) in [7, 11) is -1.80. The summed E-state index contributed by atoms with van der Waals surface area (Å²) in [6.45, 7) is 9.95. The van der Waals surface area contributed by atoms with Crippen LogP contribution in [0.1, 0.15) is 41.5 Å². The van der Waals surface area contributed by atoms with Gasteiger partial charge >= 0.3 is 19.3 Å². The van der Waals surface area contributed by atoms with E-state index in [2.05, 4.69) is 10.1 Å². The molecule has 0 radical (unpaired) electrons. The molecule has 0 aliphatic carbocycles. The molecule has 2 amide bonds. The second kappa shape index (κ2) is 7.16. The molecule has 2 heterocycles. The van der Waals surface area contributed by atoms with Crippen molar-refractivity contribution in [3.63, 3.8) is 0 Å². The van der Waals surface area contributed by atoms with Gasteiger partial charge in [-0.1, -0.05) is 0 Å². The minimum Gasteiger partial charge on any atom is -0.443 e. The number of nitrogens with zero attached hydrogens (tertiary/aromatic N) is 4. The quantitative estimate of drug-likeness (QED) is 0.744. The van der Waals surface area contributed by atoms with E-state index in [1.165, 1.54) is 12.1 Å². The van der Waals surface area contributed by atoms with E-state index in [1.54, 1.807) is 41.5 Å². The largest absolute Gasteiger partial charge is 0.508 e. The van der Waals surface area contributed by atoms with E-state index in [4.69, 9.17) is 9.47 Å². The first-order valence-corrected chi connectivity index (χ1v) is 8.25. The SMILES string of the molecule is CC(C)(C)OC(=O)N(C(=O)OC(C)(C)C)c1ncnn2c(B(O)O)ccc12. The number of imide groups is 1. The van der Waals surface area contributed by atoms with Gasteiger partial charge in [0.1, 0.15) is 23.0 Å². The van der Waals surface area contributed by atoms with Crippen molar-refractivity contribution in [2.24, 2.45) is 0 Å². The molecular weight excluding hydrogens is 355 g/mol. The Hall–Kier alpha value is -2.66. The normalized spacial score (nSPS) is 12.0. The Balaban J connectivity index is 2.58. The van der Waals surface area contributed by atoms with Gasteiger partial charge in [-0.15, -0.1) is 0 Å². The summed E-state index contributed by atoms with van der Waals surface area (Å²) >= 11 is 0. The fourth-order valence-electron chi connectivity index (χ4n) is 2.17. The van der Waals surface area contributed by atoms with Crippen molar-refractivity contribution >= 4 is 36.2 Å². The maximum atomic E-state index is 12.7. The van der Waals surface area contributed by atoms with Gasteiger partial charge in [-0.25, -0.2) is 19.1 Å². The van der Waals surface area contributed by atoms with E-state index in [1.807, 2.05) is 0 Å². The van der Waals surface area contributed by atoms with Gasteiger partial charge < -0.3 is 19.5 Å². The van der Waals surface area contributed by atoms with Crippen molar-refractivity contribution in [1.29, 1.82) is 0 Å². The predicted octanol–water partition coefficient (Wildman–Crippen LogP) is 1.09. The highest BCUT2D eigenvalue weighted by Crippen LogP contribution is 2.23. The first-order chi connectivity index (χ1) is 12.3. The van der Waals surface area contributed by atoms with Gasteiger partial charge in [-0.3, -0.25) is 0 Å². The number of carbonyl (C=O) groups excluding carboxylic acids is 2. The maximum Gasteiger partial charge on any atom is 0.508 e. The van der Waals surface area contributed by atoms with Gasteiger partial charge in [0.15, 0.2) is 5.82 Å². The molecule has 11 heteroatoms. The zero-order valence-electron chi connectivity index (χ0n) is 16.1. The smallest absolute Gasteiger partial charge is 0.443 e. The summed E-state index contributed by atoms with van der Waals surface area (Å²) in [6, 6.07) is 2.84. The number of hydrogen-bond acceptors (Lipinski definition) is 8. The van der Waals surface area contributed by atoms with E-state index in [9.17, 15) is 19.6 Å². The van der Waals surface area contributed by atoms with Gasteiger partial charge in [0.25, 0.3) is 0 Å². The molecule has 2 N–H and O–H groups in total. The monoisotopic (exact) mass is 378 g/mol. The first kappa shape index (κ1) is 20.7. The number of fused-ring (bicyclic) bond motifs is 1. The number of ether oxygens (including phenoxy) is 2. The Morgan fingerprint density at radius 3 is 2.00 bits per heavy atom. The lowest BCUT2D eigenvalue weighted by Crippen LogP contribution is -2.44. The van der Waals surface area contributed by atoms with Crippen LogP contribution in [-0.2, 0) is 9.47 Å². The summed E-state index contributed by atoms with van der Waals surface area (Å²) in [6.07, 6.45) is -0.884. The van der Waals surface area contributed by atoms with Crippen LogP contribution in [0.5, 0.6) is 0 Å². The summed E-state index contributed by atoms with van der Waals surface area (Å²) in [5.74, 6) is -0.111. The van der Waals surface area contributed by atoms with Crippen LogP contribution >= 0.6 is 0 Å². The fourth-order valence-corrected chi connectivity index (χ4v) is 2.17. The van der Waals surface area contributed by atoms with Gasteiger partial charge in [-0.05, 0) is 53.7 Å². The van der Waals surface area contributed by atoms with Crippen LogP contribution in [0.2, 0.25) is 0 Å². The minimum absolute atomic E-state index is 0.0435. The third-order valence-corrected chi connectivity index (χ3v) is 3.09. The summed E-state index contributed by atoms with van der Waals surface area (Å²) in [5.41, 5.74) is -1.50. The summed E-state index contributed by atoms with van der Waals surface area (Å²) < 4.78 is 11.8. The summed E-state index contributed by atoms with van der Waals surface area (Å²) in [5, 5.41) is 22.8. The molecule has 0 aliphatic heterocycles.